The molecule has 0 unspecified atom stereocenters. The SMILES string of the molecule is NCc1cc(S(=O)(=O)N2CCCC2)c(Cl)cc1Cl. The van der Waals surface area contributed by atoms with E-state index >= 15 is 0 Å². The Balaban J connectivity index is 2.49. The van der Waals surface area contributed by atoms with E-state index in [1.807, 2.05) is 0 Å². The lowest BCUT2D eigenvalue weighted by atomic mass is 10.2. The molecule has 0 bridgehead atoms. The second kappa shape index (κ2) is 5.35. The van der Waals surface area contributed by atoms with Gasteiger partial charge in [0.25, 0.3) is 0 Å². The van der Waals surface area contributed by atoms with Gasteiger partial charge < -0.3 is 5.73 Å². The third-order valence-electron chi connectivity index (χ3n) is 3.00. The number of nitrogens with zero attached hydrogens (tertiary/aromatic N) is 1. The molecular weight excluding hydrogens is 295 g/mol. The van der Waals surface area contributed by atoms with E-state index in [1.165, 1.54) is 16.4 Å². The maximum atomic E-state index is 12.4. The summed E-state index contributed by atoms with van der Waals surface area (Å²) in [5.74, 6) is 0. The van der Waals surface area contributed by atoms with Crippen molar-refractivity contribution in [3.63, 3.8) is 0 Å². The van der Waals surface area contributed by atoms with Gasteiger partial charge in [-0.15, -0.1) is 0 Å². The predicted molar refractivity (Wildman–Crippen MR) is 72.3 cm³/mol. The van der Waals surface area contributed by atoms with Crippen molar-refractivity contribution in [2.45, 2.75) is 24.3 Å². The highest BCUT2D eigenvalue weighted by molar-refractivity contribution is 7.89. The fourth-order valence-electron chi connectivity index (χ4n) is 1.99. The first-order valence-corrected chi connectivity index (χ1v) is 7.84. The van der Waals surface area contributed by atoms with E-state index in [0.29, 0.717) is 23.7 Å². The van der Waals surface area contributed by atoms with E-state index in [0.717, 1.165) is 12.8 Å². The van der Waals surface area contributed by atoms with E-state index in [1.54, 1.807) is 0 Å². The minimum Gasteiger partial charge on any atom is -0.326 e. The van der Waals surface area contributed by atoms with E-state index in [2.05, 4.69) is 0 Å². The number of benzene rings is 1. The Labute approximate surface area is 117 Å². The van der Waals surface area contributed by atoms with Gasteiger partial charge in [-0.1, -0.05) is 23.2 Å². The largest absolute Gasteiger partial charge is 0.326 e. The van der Waals surface area contributed by atoms with Crippen molar-refractivity contribution in [2.24, 2.45) is 5.73 Å². The predicted octanol–water partition coefficient (Wildman–Crippen LogP) is 2.24. The van der Waals surface area contributed by atoms with Crippen LogP contribution in [-0.2, 0) is 16.6 Å². The molecule has 1 aliphatic heterocycles. The van der Waals surface area contributed by atoms with E-state index in [4.69, 9.17) is 28.9 Å². The first kappa shape index (κ1) is 14.1. The molecule has 0 aromatic heterocycles. The Morgan fingerprint density at radius 2 is 1.78 bits per heavy atom. The van der Waals surface area contributed by atoms with Gasteiger partial charge in [-0.2, -0.15) is 4.31 Å². The first-order chi connectivity index (χ1) is 8.46. The van der Waals surface area contributed by atoms with Crippen molar-refractivity contribution >= 4 is 33.2 Å². The van der Waals surface area contributed by atoms with Crippen LogP contribution in [0.15, 0.2) is 17.0 Å². The van der Waals surface area contributed by atoms with E-state index < -0.39 is 10.0 Å². The highest BCUT2D eigenvalue weighted by atomic mass is 35.5. The summed E-state index contributed by atoms with van der Waals surface area (Å²) in [4.78, 5) is 0.0934. The second-order valence-corrected chi connectivity index (χ2v) is 6.91. The number of hydrogen-bond donors (Lipinski definition) is 1. The Morgan fingerprint density at radius 3 is 2.33 bits per heavy atom. The molecule has 0 spiro atoms. The lowest BCUT2D eigenvalue weighted by molar-refractivity contribution is 0.477. The van der Waals surface area contributed by atoms with Gasteiger partial charge in [0.1, 0.15) is 4.90 Å². The molecule has 7 heteroatoms. The third kappa shape index (κ3) is 2.51. The third-order valence-corrected chi connectivity index (χ3v) is 5.72. The van der Waals surface area contributed by atoms with E-state index in [-0.39, 0.29) is 16.5 Å². The quantitative estimate of drug-likeness (QED) is 0.931. The average Bonchev–Trinajstić information content (AvgIpc) is 2.82. The molecule has 100 valence electrons. The minimum absolute atomic E-state index is 0.0934. The van der Waals surface area contributed by atoms with Gasteiger partial charge in [0.15, 0.2) is 0 Å². The number of rotatable bonds is 3. The summed E-state index contributed by atoms with van der Waals surface area (Å²) in [5, 5.41) is 0.534. The molecule has 1 aromatic rings. The van der Waals surface area contributed by atoms with Crippen molar-refractivity contribution in [3.05, 3.63) is 27.7 Å². The highest BCUT2D eigenvalue weighted by Gasteiger charge is 2.29. The van der Waals surface area contributed by atoms with Crippen LogP contribution in [0.3, 0.4) is 0 Å². The molecule has 0 aliphatic carbocycles. The first-order valence-electron chi connectivity index (χ1n) is 5.65. The maximum absolute atomic E-state index is 12.4. The van der Waals surface area contributed by atoms with Crippen molar-refractivity contribution in [1.29, 1.82) is 0 Å². The van der Waals surface area contributed by atoms with Crippen LogP contribution in [0, 0.1) is 0 Å². The zero-order valence-corrected chi connectivity index (χ0v) is 12.0. The van der Waals surface area contributed by atoms with Gasteiger partial charge in [0, 0.05) is 24.7 Å². The van der Waals surface area contributed by atoms with Crippen LogP contribution in [0.4, 0.5) is 0 Å². The van der Waals surface area contributed by atoms with Crippen molar-refractivity contribution < 1.29 is 8.42 Å². The summed E-state index contributed by atoms with van der Waals surface area (Å²) in [6.45, 7) is 1.26. The molecule has 0 amide bonds. The van der Waals surface area contributed by atoms with Crippen LogP contribution in [0.5, 0.6) is 0 Å². The van der Waals surface area contributed by atoms with Gasteiger partial charge in [-0.25, -0.2) is 8.42 Å². The normalized spacial score (nSPS) is 17.3. The molecule has 1 saturated heterocycles. The molecule has 1 aliphatic rings. The molecular formula is C11H14Cl2N2O2S. The summed E-state index contributed by atoms with van der Waals surface area (Å²) in [5.41, 5.74) is 6.11. The molecule has 18 heavy (non-hydrogen) atoms. The summed E-state index contributed by atoms with van der Waals surface area (Å²) in [6.07, 6.45) is 1.77. The molecule has 0 atom stereocenters. The Bertz CT molecular complexity index is 554. The van der Waals surface area contributed by atoms with Crippen molar-refractivity contribution in [1.82, 2.24) is 4.31 Å². The van der Waals surface area contributed by atoms with Gasteiger partial charge in [-0.05, 0) is 30.5 Å². The molecule has 1 aromatic carbocycles. The van der Waals surface area contributed by atoms with Gasteiger partial charge in [0.2, 0.25) is 10.0 Å². The van der Waals surface area contributed by atoms with Crippen LogP contribution in [0.25, 0.3) is 0 Å². The monoisotopic (exact) mass is 308 g/mol. The molecule has 4 nitrogen and oxygen atoms in total. The van der Waals surface area contributed by atoms with E-state index in [9.17, 15) is 8.42 Å². The molecule has 0 saturated carbocycles. The molecule has 1 fully saturated rings. The lowest BCUT2D eigenvalue weighted by Crippen LogP contribution is -2.28. The molecule has 2 N–H and O–H groups in total. The standard InChI is InChI=1S/C11H14Cl2N2O2S/c12-9-6-10(13)11(5-8(9)7-14)18(16,17)15-3-1-2-4-15/h5-6H,1-4,7,14H2. The van der Waals surface area contributed by atoms with Gasteiger partial charge >= 0.3 is 0 Å². The smallest absolute Gasteiger partial charge is 0.244 e. The van der Waals surface area contributed by atoms with Gasteiger partial charge in [-0.3, -0.25) is 0 Å². The fraction of sp³-hybridized carbons (Fsp3) is 0.455. The fourth-order valence-corrected chi connectivity index (χ4v) is 4.36. The minimum atomic E-state index is -3.53. The Morgan fingerprint density at radius 1 is 1.17 bits per heavy atom. The summed E-state index contributed by atoms with van der Waals surface area (Å²) in [7, 11) is -3.53. The maximum Gasteiger partial charge on any atom is 0.244 e. The van der Waals surface area contributed by atoms with Crippen LogP contribution in [-0.4, -0.2) is 25.8 Å². The summed E-state index contributed by atoms with van der Waals surface area (Å²) < 4.78 is 26.2. The number of nitrogens with two attached hydrogens (primary N) is 1. The van der Waals surface area contributed by atoms with Crippen LogP contribution >= 0.6 is 23.2 Å². The average molecular weight is 309 g/mol. The molecule has 0 radical (unpaired) electrons. The van der Waals surface area contributed by atoms with Gasteiger partial charge in [0.05, 0.1) is 5.02 Å². The lowest BCUT2D eigenvalue weighted by Gasteiger charge is -2.17. The van der Waals surface area contributed by atoms with Crippen molar-refractivity contribution in [3.8, 4) is 0 Å². The summed E-state index contributed by atoms with van der Waals surface area (Å²) in [6, 6.07) is 2.91. The van der Waals surface area contributed by atoms with Crippen molar-refractivity contribution in [2.75, 3.05) is 13.1 Å². The number of sulfonamides is 1. The zero-order chi connectivity index (χ0) is 13.3. The Kier molecular flexibility index (Phi) is 4.18. The second-order valence-electron chi connectivity index (χ2n) is 4.19. The van der Waals surface area contributed by atoms with Crippen LogP contribution in [0.2, 0.25) is 10.0 Å². The molecule has 1 heterocycles. The summed E-state index contributed by atoms with van der Waals surface area (Å²) >= 11 is 11.9. The van der Waals surface area contributed by atoms with Crippen LogP contribution < -0.4 is 5.73 Å². The van der Waals surface area contributed by atoms with Crippen LogP contribution in [0.1, 0.15) is 18.4 Å². The zero-order valence-electron chi connectivity index (χ0n) is 9.70. The number of hydrogen-bond acceptors (Lipinski definition) is 3. The highest BCUT2D eigenvalue weighted by Crippen LogP contribution is 2.31. The topological polar surface area (TPSA) is 63.4 Å². The molecule has 2 rings (SSSR count). The Hall–Kier alpha value is -0.330. The number of halogens is 2.